The lowest BCUT2D eigenvalue weighted by Gasteiger charge is -2.13. The number of para-hydroxylation sites is 2. The van der Waals surface area contributed by atoms with Crippen molar-refractivity contribution in [3.63, 3.8) is 0 Å². The van der Waals surface area contributed by atoms with Crippen molar-refractivity contribution in [1.82, 2.24) is 0 Å². The van der Waals surface area contributed by atoms with Crippen LogP contribution in [0.5, 0.6) is 11.5 Å². The van der Waals surface area contributed by atoms with Crippen LogP contribution in [0.3, 0.4) is 0 Å². The van der Waals surface area contributed by atoms with Gasteiger partial charge in [-0.2, -0.15) is 0 Å². The van der Waals surface area contributed by atoms with Crippen LogP contribution in [0.4, 0.5) is 0 Å². The maximum Gasteiger partial charge on any atom is 0.135 e. The number of ether oxygens (including phenoxy) is 1. The van der Waals surface area contributed by atoms with Gasteiger partial charge in [0, 0.05) is 5.56 Å². The van der Waals surface area contributed by atoms with Gasteiger partial charge in [0.15, 0.2) is 0 Å². The summed E-state index contributed by atoms with van der Waals surface area (Å²) in [4.78, 5) is 0. The van der Waals surface area contributed by atoms with Gasteiger partial charge in [-0.1, -0.05) is 103 Å². The third-order valence-corrected chi connectivity index (χ3v) is 5.58. The molecule has 0 radical (unpaired) electrons. The molecule has 0 heterocycles. The molecule has 0 aliphatic heterocycles. The lowest BCUT2D eigenvalue weighted by molar-refractivity contribution is 0.484. The summed E-state index contributed by atoms with van der Waals surface area (Å²) in [5.74, 6) is 1.69. The monoisotopic (exact) mass is 412 g/mol. The number of hydrogen-bond donors (Lipinski definition) is 0. The first-order valence-electron chi connectivity index (χ1n) is 10.9. The Bertz CT molecular complexity index is 1350. The van der Waals surface area contributed by atoms with Crippen LogP contribution in [-0.4, -0.2) is 0 Å². The van der Waals surface area contributed by atoms with Crippen LogP contribution >= 0.6 is 0 Å². The van der Waals surface area contributed by atoms with E-state index < -0.39 is 0 Å². The van der Waals surface area contributed by atoms with Crippen LogP contribution in [0.2, 0.25) is 0 Å². The molecule has 0 saturated carbocycles. The molecule has 0 aliphatic rings. The summed E-state index contributed by atoms with van der Waals surface area (Å²) in [6.07, 6.45) is 0. The molecule has 0 saturated heterocycles. The molecule has 1 nitrogen and oxygen atoms in total. The van der Waals surface area contributed by atoms with Gasteiger partial charge in [0.05, 0.1) is 0 Å². The second-order valence-electron chi connectivity index (χ2n) is 7.94. The Morgan fingerprint density at radius 1 is 0.438 bits per heavy atom. The van der Waals surface area contributed by atoms with E-state index in [4.69, 9.17) is 4.74 Å². The summed E-state index contributed by atoms with van der Waals surface area (Å²) in [5, 5.41) is 0. The maximum absolute atomic E-state index is 6.20. The standard InChI is InChI=1S/C31H24O/c1-23-10-7-11-24(20-23)25-12-8-13-26(21-25)27-14-9-15-28(22-27)30-18-5-6-19-31(30)32-29-16-3-2-4-17-29/h2-22H,1H3. The zero-order chi connectivity index (χ0) is 21.8. The summed E-state index contributed by atoms with van der Waals surface area (Å²) < 4.78 is 6.20. The summed E-state index contributed by atoms with van der Waals surface area (Å²) in [5.41, 5.74) is 8.33. The zero-order valence-corrected chi connectivity index (χ0v) is 18.0. The third-order valence-electron chi connectivity index (χ3n) is 5.58. The van der Waals surface area contributed by atoms with E-state index in [0.717, 1.165) is 22.6 Å². The van der Waals surface area contributed by atoms with Crippen molar-refractivity contribution in [2.75, 3.05) is 0 Å². The minimum absolute atomic E-state index is 0.835. The van der Waals surface area contributed by atoms with E-state index in [2.05, 4.69) is 91.9 Å². The summed E-state index contributed by atoms with van der Waals surface area (Å²) >= 11 is 0. The van der Waals surface area contributed by atoms with E-state index in [1.54, 1.807) is 0 Å². The fraction of sp³-hybridized carbons (Fsp3) is 0.0323. The van der Waals surface area contributed by atoms with E-state index in [9.17, 15) is 0 Å². The van der Waals surface area contributed by atoms with E-state index in [1.807, 2.05) is 42.5 Å². The molecule has 0 amide bonds. The van der Waals surface area contributed by atoms with Crippen LogP contribution in [-0.2, 0) is 0 Å². The third kappa shape index (κ3) is 4.33. The Hall–Kier alpha value is -4.10. The second-order valence-corrected chi connectivity index (χ2v) is 7.94. The first-order valence-corrected chi connectivity index (χ1v) is 10.9. The average Bonchev–Trinajstić information content (AvgIpc) is 2.85. The van der Waals surface area contributed by atoms with Gasteiger partial charge in [-0.3, -0.25) is 0 Å². The van der Waals surface area contributed by atoms with E-state index in [0.29, 0.717) is 0 Å². The first-order chi connectivity index (χ1) is 15.8. The van der Waals surface area contributed by atoms with Crippen LogP contribution in [0.25, 0.3) is 33.4 Å². The van der Waals surface area contributed by atoms with Crippen LogP contribution in [0.1, 0.15) is 5.56 Å². The second kappa shape index (κ2) is 8.95. The minimum atomic E-state index is 0.835. The van der Waals surface area contributed by atoms with Gasteiger partial charge >= 0.3 is 0 Å². The fourth-order valence-electron chi connectivity index (χ4n) is 3.98. The van der Waals surface area contributed by atoms with Crippen LogP contribution < -0.4 is 4.74 Å². The van der Waals surface area contributed by atoms with Crippen molar-refractivity contribution in [2.24, 2.45) is 0 Å². The summed E-state index contributed by atoms with van der Waals surface area (Å²) in [6, 6.07) is 44.2. The highest BCUT2D eigenvalue weighted by Gasteiger charge is 2.09. The van der Waals surface area contributed by atoms with Crippen molar-refractivity contribution in [2.45, 2.75) is 6.92 Å². The smallest absolute Gasteiger partial charge is 0.135 e. The normalized spacial score (nSPS) is 10.7. The van der Waals surface area contributed by atoms with E-state index in [1.165, 1.54) is 27.8 Å². The van der Waals surface area contributed by atoms with Crippen molar-refractivity contribution in [3.05, 3.63) is 133 Å². The lowest BCUT2D eigenvalue weighted by atomic mass is 9.95. The fourth-order valence-corrected chi connectivity index (χ4v) is 3.98. The Morgan fingerprint density at radius 2 is 0.969 bits per heavy atom. The van der Waals surface area contributed by atoms with Crippen molar-refractivity contribution >= 4 is 0 Å². The van der Waals surface area contributed by atoms with Gasteiger partial charge in [-0.25, -0.2) is 0 Å². The molecule has 5 rings (SSSR count). The highest BCUT2D eigenvalue weighted by Crippen LogP contribution is 2.35. The molecule has 5 aromatic carbocycles. The summed E-state index contributed by atoms with van der Waals surface area (Å²) in [6.45, 7) is 2.13. The van der Waals surface area contributed by atoms with E-state index in [-0.39, 0.29) is 0 Å². The van der Waals surface area contributed by atoms with Gasteiger partial charge < -0.3 is 4.74 Å². The molecule has 154 valence electrons. The predicted octanol–water partition coefficient (Wildman–Crippen LogP) is 8.79. The van der Waals surface area contributed by atoms with Crippen LogP contribution in [0, 0.1) is 6.92 Å². The predicted molar refractivity (Wildman–Crippen MR) is 134 cm³/mol. The number of aryl methyl sites for hydroxylation is 1. The SMILES string of the molecule is Cc1cccc(-c2cccc(-c3cccc(-c4ccccc4Oc4ccccc4)c3)c2)c1. The highest BCUT2D eigenvalue weighted by molar-refractivity contribution is 5.79. The molecule has 0 aromatic heterocycles. The quantitative estimate of drug-likeness (QED) is 0.280. The van der Waals surface area contributed by atoms with Gasteiger partial charge in [-0.15, -0.1) is 0 Å². The molecular weight excluding hydrogens is 388 g/mol. The summed E-state index contributed by atoms with van der Waals surface area (Å²) in [7, 11) is 0. The number of rotatable bonds is 5. The van der Waals surface area contributed by atoms with Gasteiger partial charge in [0.2, 0.25) is 0 Å². The average molecular weight is 413 g/mol. The number of benzene rings is 5. The van der Waals surface area contributed by atoms with Gasteiger partial charge in [0.1, 0.15) is 11.5 Å². The Morgan fingerprint density at radius 3 is 1.66 bits per heavy atom. The van der Waals surface area contributed by atoms with Crippen molar-refractivity contribution < 1.29 is 4.74 Å². The molecule has 1 heteroatoms. The van der Waals surface area contributed by atoms with Crippen LogP contribution in [0.15, 0.2) is 127 Å². The van der Waals surface area contributed by atoms with Crippen molar-refractivity contribution in [1.29, 1.82) is 0 Å². The largest absolute Gasteiger partial charge is 0.457 e. The minimum Gasteiger partial charge on any atom is -0.457 e. The molecule has 5 aromatic rings. The Labute approximate surface area is 189 Å². The molecule has 0 N–H and O–H groups in total. The molecular formula is C31H24O. The van der Waals surface area contributed by atoms with E-state index >= 15 is 0 Å². The van der Waals surface area contributed by atoms with Crippen molar-refractivity contribution in [3.8, 4) is 44.9 Å². The first kappa shape index (κ1) is 19.8. The molecule has 0 unspecified atom stereocenters. The molecule has 0 fully saturated rings. The highest BCUT2D eigenvalue weighted by atomic mass is 16.5. The molecule has 0 spiro atoms. The Kier molecular flexibility index (Phi) is 5.55. The molecule has 0 aliphatic carbocycles. The van der Waals surface area contributed by atoms with Gasteiger partial charge in [-0.05, 0) is 65.1 Å². The molecule has 0 atom stereocenters. The number of hydrogen-bond acceptors (Lipinski definition) is 1. The maximum atomic E-state index is 6.20. The zero-order valence-electron chi connectivity index (χ0n) is 18.0. The molecule has 0 bridgehead atoms. The lowest BCUT2D eigenvalue weighted by Crippen LogP contribution is -1.89. The van der Waals surface area contributed by atoms with Gasteiger partial charge in [0.25, 0.3) is 0 Å². The molecule has 32 heavy (non-hydrogen) atoms. The Balaban J connectivity index is 1.51. The topological polar surface area (TPSA) is 9.23 Å².